The molecule has 2 heterocycles. The van der Waals surface area contributed by atoms with Crippen molar-refractivity contribution in [1.29, 1.82) is 0 Å². The summed E-state index contributed by atoms with van der Waals surface area (Å²) < 4.78 is 16.7. The van der Waals surface area contributed by atoms with Gasteiger partial charge in [-0.1, -0.05) is 0 Å². The first-order valence-corrected chi connectivity index (χ1v) is 4.49. The zero-order valence-electron chi connectivity index (χ0n) is 7.28. The van der Waals surface area contributed by atoms with Crippen LogP contribution in [0.1, 0.15) is 2.74 Å². The van der Waals surface area contributed by atoms with Crippen molar-refractivity contribution in [3.8, 4) is 5.13 Å². The predicted octanol–water partition coefficient (Wildman–Crippen LogP) is 2.09. The Kier molecular flexibility index (Phi) is 1.26. The van der Waals surface area contributed by atoms with Gasteiger partial charge in [0.1, 0.15) is 4.60 Å². The van der Waals surface area contributed by atoms with Gasteiger partial charge >= 0.3 is 0 Å². The molecule has 0 amide bonds. The van der Waals surface area contributed by atoms with Gasteiger partial charge in [0.05, 0.1) is 2.74 Å². The smallest absolute Gasteiger partial charge is 0.210 e. The van der Waals surface area contributed by atoms with E-state index in [-0.39, 0.29) is 12.2 Å². The van der Waals surface area contributed by atoms with E-state index in [1.807, 2.05) is 0 Å². The van der Waals surface area contributed by atoms with Gasteiger partial charge in [0, 0.05) is 17.7 Å². The SMILES string of the molecule is [2H]c1c(Br)nn(-c2nccs2)c1[2H]. The van der Waals surface area contributed by atoms with Crippen molar-refractivity contribution in [2.24, 2.45) is 0 Å². The first kappa shape index (κ1) is 5.05. The third-order valence-corrected chi connectivity index (χ3v) is 2.16. The highest BCUT2D eigenvalue weighted by molar-refractivity contribution is 9.10. The standard InChI is InChI=1S/C6H4BrN3S/c7-5-1-3-10(9-5)6-8-2-4-11-6/h1-4H/i1D,3D. The number of aromatic nitrogens is 3. The molecule has 0 aliphatic heterocycles. The van der Waals surface area contributed by atoms with Gasteiger partial charge < -0.3 is 0 Å². The second-order valence-electron chi connectivity index (χ2n) is 1.75. The number of hydrogen-bond acceptors (Lipinski definition) is 3. The minimum Gasteiger partial charge on any atom is -0.227 e. The molecule has 56 valence electrons. The maximum absolute atomic E-state index is 7.54. The molecule has 3 nitrogen and oxygen atoms in total. The molecule has 0 N–H and O–H groups in total. The fourth-order valence-corrected chi connectivity index (χ4v) is 1.45. The Balaban J connectivity index is 2.59. The summed E-state index contributed by atoms with van der Waals surface area (Å²) in [6.07, 6.45) is 1.68. The van der Waals surface area contributed by atoms with E-state index in [2.05, 4.69) is 26.0 Å². The number of nitrogens with zero attached hydrogens (tertiary/aromatic N) is 3. The quantitative estimate of drug-likeness (QED) is 0.753. The fraction of sp³-hybridized carbons (Fsp3) is 0. The van der Waals surface area contributed by atoms with Crippen LogP contribution in [-0.2, 0) is 0 Å². The van der Waals surface area contributed by atoms with Gasteiger partial charge in [-0.15, -0.1) is 11.3 Å². The molecule has 0 aliphatic rings. The van der Waals surface area contributed by atoms with E-state index in [9.17, 15) is 0 Å². The largest absolute Gasteiger partial charge is 0.227 e. The lowest BCUT2D eigenvalue weighted by atomic mass is 10.7. The highest BCUT2D eigenvalue weighted by Gasteiger charge is 1.98. The highest BCUT2D eigenvalue weighted by Crippen LogP contribution is 2.12. The van der Waals surface area contributed by atoms with Crippen LogP contribution in [0.25, 0.3) is 5.13 Å². The number of rotatable bonds is 1. The molecule has 0 aliphatic carbocycles. The van der Waals surface area contributed by atoms with Crippen molar-refractivity contribution < 1.29 is 2.74 Å². The van der Waals surface area contributed by atoms with Crippen LogP contribution in [0.4, 0.5) is 0 Å². The summed E-state index contributed by atoms with van der Waals surface area (Å²) in [5.41, 5.74) is 0. The molecule has 11 heavy (non-hydrogen) atoms. The Bertz CT molecular complexity index is 425. The van der Waals surface area contributed by atoms with Crippen LogP contribution < -0.4 is 0 Å². The highest BCUT2D eigenvalue weighted by atomic mass is 79.9. The lowest BCUT2D eigenvalue weighted by Crippen LogP contribution is -1.91. The molecule has 2 aromatic rings. The predicted molar refractivity (Wildman–Crippen MR) is 46.9 cm³/mol. The Hall–Kier alpha value is -0.680. The van der Waals surface area contributed by atoms with Crippen LogP contribution in [0.2, 0.25) is 0 Å². The zero-order chi connectivity index (χ0) is 9.42. The second kappa shape index (κ2) is 2.75. The van der Waals surface area contributed by atoms with Gasteiger partial charge in [-0.05, 0) is 22.0 Å². The van der Waals surface area contributed by atoms with Gasteiger partial charge in [0.15, 0.2) is 0 Å². The van der Waals surface area contributed by atoms with E-state index in [4.69, 9.17) is 2.74 Å². The van der Waals surface area contributed by atoms with Gasteiger partial charge in [0.25, 0.3) is 0 Å². The Labute approximate surface area is 78.6 Å². The van der Waals surface area contributed by atoms with Crippen LogP contribution in [0.15, 0.2) is 28.4 Å². The number of halogens is 1. The molecule has 0 saturated carbocycles. The second-order valence-corrected chi connectivity index (χ2v) is 3.38. The number of thiazole rings is 1. The van der Waals surface area contributed by atoms with Gasteiger partial charge in [-0.2, -0.15) is 5.10 Å². The molecule has 0 fully saturated rings. The maximum Gasteiger partial charge on any atom is 0.210 e. The molecule has 0 aromatic carbocycles. The zero-order valence-corrected chi connectivity index (χ0v) is 7.69. The molecule has 0 atom stereocenters. The van der Waals surface area contributed by atoms with Gasteiger partial charge in [-0.3, -0.25) is 0 Å². The third-order valence-electron chi connectivity index (χ3n) is 1.05. The van der Waals surface area contributed by atoms with Crippen molar-refractivity contribution in [2.45, 2.75) is 0 Å². The first-order chi connectivity index (χ1) is 6.20. The average Bonchev–Trinajstić information content (AvgIpc) is 2.70. The fourth-order valence-electron chi connectivity index (χ4n) is 0.648. The Morgan fingerprint density at radius 3 is 3.18 bits per heavy atom. The van der Waals surface area contributed by atoms with Crippen molar-refractivity contribution in [2.75, 3.05) is 0 Å². The summed E-state index contributed by atoms with van der Waals surface area (Å²) in [7, 11) is 0. The Morgan fingerprint density at radius 2 is 2.64 bits per heavy atom. The molecule has 0 unspecified atom stereocenters. The summed E-state index contributed by atoms with van der Waals surface area (Å²) >= 11 is 4.47. The average molecular weight is 232 g/mol. The van der Waals surface area contributed by atoms with Crippen molar-refractivity contribution in [1.82, 2.24) is 14.8 Å². The summed E-state index contributed by atoms with van der Waals surface area (Å²) in [6.45, 7) is 0. The number of hydrogen-bond donors (Lipinski definition) is 0. The summed E-state index contributed by atoms with van der Waals surface area (Å²) in [6, 6.07) is 0.0789. The van der Waals surface area contributed by atoms with Crippen molar-refractivity contribution in [3.05, 3.63) is 28.4 Å². The molecule has 2 aromatic heterocycles. The summed E-state index contributed by atoms with van der Waals surface area (Å²) in [5, 5.41) is 6.36. The lowest BCUT2D eigenvalue weighted by molar-refractivity contribution is 0.860. The maximum atomic E-state index is 7.54. The van der Waals surface area contributed by atoms with E-state index in [1.54, 1.807) is 11.6 Å². The van der Waals surface area contributed by atoms with E-state index < -0.39 is 0 Å². The van der Waals surface area contributed by atoms with Crippen LogP contribution >= 0.6 is 27.3 Å². The third kappa shape index (κ3) is 1.34. The van der Waals surface area contributed by atoms with Crippen LogP contribution in [-0.4, -0.2) is 14.8 Å². The van der Waals surface area contributed by atoms with Crippen molar-refractivity contribution in [3.63, 3.8) is 0 Å². The lowest BCUT2D eigenvalue weighted by Gasteiger charge is -1.90. The van der Waals surface area contributed by atoms with Crippen LogP contribution in [0.5, 0.6) is 0 Å². The molecule has 5 heteroatoms. The molecule has 0 saturated heterocycles. The van der Waals surface area contributed by atoms with Gasteiger partial charge in [-0.25, -0.2) is 9.67 Å². The molecule has 0 bridgehead atoms. The van der Waals surface area contributed by atoms with E-state index in [1.165, 1.54) is 16.0 Å². The molecular weight excluding hydrogens is 226 g/mol. The topological polar surface area (TPSA) is 30.7 Å². The van der Waals surface area contributed by atoms with Crippen molar-refractivity contribution >= 4 is 27.3 Å². The molecule has 2 rings (SSSR count). The molecule has 0 radical (unpaired) electrons. The van der Waals surface area contributed by atoms with E-state index in [0.29, 0.717) is 9.73 Å². The molecule has 0 spiro atoms. The molecular formula is C6H4BrN3S. The van der Waals surface area contributed by atoms with E-state index >= 15 is 0 Å². The van der Waals surface area contributed by atoms with E-state index in [0.717, 1.165) is 0 Å². The van der Waals surface area contributed by atoms with Crippen LogP contribution in [0.3, 0.4) is 0 Å². The summed E-state index contributed by atoms with van der Waals surface area (Å²) in [5.74, 6) is 0. The minimum absolute atomic E-state index is 0.0434. The first-order valence-electron chi connectivity index (χ1n) is 3.81. The monoisotopic (exact) mass is 231 g/mol. The minimum atomic E-state index is 0.0434. The van der Waals surface area contributed by atoms with Crippen LogP contribution in [0, 0.1) is 0 Å². The summed E-state index contributed by atoms with van der Waals surface area (Å²) in [4.78, 5) is 4.00. The Morgan fingerprint density at radius 1 is 1.73 bits per heavy atom. The van der Waals surface area contributed by atoms with Gasteiger partial charge in [0.2, 0.25) is 5.13 Å². The normalized spacial score (nSPS) is 12.8.